The van der Waals surface area contributed by atoms with Gasteiger partial charge in [-0.1, -0.05) is 6.92 Å². The topological polar surface area (TPSA) is 92.9 Å². The molecule has 0 radical (unpaired) electrons. The Bertz CT molecular complexity index is 588. The van der Waals surface area contributed by atoms with Crippen molar-refractivity contribution in [2.24, 2.45) is 0 Å². The van der Waals surface area contributed by atoms with Crippen LogP contribution >= 0.6 is 0 Å². The van der Waals surface area contributed by atoms with Crippen LogP contribution in [0.1, 0.15) is 20.8 Å². The number of sulfonamides is 1. The third kappa shape index (κ3) is 4.05. The molecule has 0 spiro atoms. The number of ether oxygens (including phenoxy) is 1. The number of nitrogen functional groups attached to an aromatic ring is 1. The Morgan fingerprint density at radius 1 is 1.43 bits per heavy atom. The lowest BCUT2D eigenvalue weighted by Crippen LogP contribution is -2.42. The highest BCUT2D eigenvalue weighted by atomic mass is 32.2. The Morgan fingerprint density at radius 3 is 2.38 bits per heavy atom. The fraction of sp³-hybridized carbons (Fsp3) is 0.538. The van der Waals surface area contributed by atoms with Crippen LogP contribution in [0.3, 0.4) is 0 Å². The first kappa shape index (κ1) is 17.7. The number of hydrogen-bond acceptors (Lipinski definition) is 5. The second-order valence-electron chi connectivity index (χ2n) is 5.27. The van der Waals surface area contributed by atoms with Crippen molar-refractivity contribution in [1.29, 1.82) is 0 Å². The summed E-state index contributed by atoms with van der Waals surface area (Å²) >= 11 is 0. The van der Waals surface area contributed by atoms with E-state index >= 15 is 0 Å². The average molecular weight is 320 g/mol. The van der Waals surface area contributed by atoms with Crippen molar-refractivity contribution in [2.75, 3.05) is 25.9 Å². The summed E-state index contributed by atoms with van der Waals surface area (Å²) in [4.78, 5) is -0.274. The Hall–Kier alpha value is -1.38. The van der Waals surface area contributed by atoms with Crippen LogP contribution in [0.25, 0.3) is 0 Å². The van der Waals surface area contributed by atoms with E-state index < -0.39 is 21.4 Å². The van der Waals surface area contributed by atoms with E-state index in [-0.39, 0.29) is 29.4 Å². The molecule has 0 aromatic heterocycles. The summed E-state index contributed by atoms with van der Waals surface area (Å²) < 4.78 is 44.6. The SMILES string of the molecule is CCN(CC(C)(C)O)S(=O)(=O)c1cc(N)c(OC)c(F)c1. The van der Waals surface area contributed by atoms with E-state index in [4.69, 9.17) is 10.5 Å². The van der Waals surface area contributed by atoms with Crippen LogP contribution in [0.15, 0.2) is 17.0 Å². The first-order valence-corrected chi connectivity index (χ1v) is 7.82. The minimum atomic E-state index is -3.96. The molecule has 21 heavy (non-hydrogen) atoms. The normalized spacial score (nSPS) is 12.7. The minimum absolute atomic E-state index is 0.101. The number of methoxy groups -OCH3 is 1. The fourth-order valence-electron chi connectivity index (χ4n) is 1.90. The van der Waals surface area contributed by atoms with Gasteiger partial charge < -0.3 is 15.6 Å². The molecule has 0 bridgehead atoms. The van der Waals surface area contributed by atoms with E-state index in [1.807, 2.05) is 0 Å². The van der Waals surface area contributed by atoms with Crippen molar-refractivity contribution in [1.82, 2.24) is 4.31 Å². The highest BCUT2D eigenvalue weighted by Gasteiger charge is 2.29. The highest BCUT2D eigenvalue weighted by molar-refractivity contribution is 7.89. The van der Waals surface area contributed by atoms with Crippen molar-refractivity contribution in [3.8, 4) is 5.75 Å². The van der Waals surface area contributed by atoms with E-state index in [1.54, 1.807) is 6.92 Å². The zero-order valence-electron chi connectivity index (χ0n) is 12.6. The summed E-state index contributed by atoms with van der Waals surface area (Å²) in [5.74, 6) is -1.05. The summed E-state index contributed by atoms with van der Waals surface area (Å²) in [6, 6.07) is 2.00. The summed E-state index contributed by atoms with van der Waals surface area (Å²) in [7, 11) is -2.71. The number of nitrogens with zero attached hydrogens (tertiary/aromatic N) is 1. The Kier molecular flexibility index (Phi) is 5.19. The molecule has 0 atom stereocenters. The third-order valence-corrected chi connectivity index (χ3v) is 4.70. The minimum Gasteiger partial charge on any atom is -0.492 e. The molecule has 1 aromatic carbocycles. The molecule has 1 rings (SSSR count). The summed E-state index contributed by atoms with van der Waals surface area (Å²) in [6.07, 6.45) is 0. The van der Waals surface area contributed by atoms with Gasteiger partial charge in [-0.05, 0) is 26.0 Å². The monoisotopic (exact) mass is 320 g/mol. The molecule has 0 amide bonds. The van der Waals surface area contributed by atoms with Gasteiger partial charge in [-0.15, -0.1) is 0 Å². The van der Waals surface area contributed by atoms with E-state index in [0.29, 0.717) is 0 Å². The fourth-order valence-corrected chi connectivity index (χ4v) is 3.55. The molecule has 3 N–H and O–H groups in total. The maximum atomic E-state index is 13.8. The van der Waals surface area contributed by atoms with Crippen LogP contribution in [0.2, 0.25) is 0 Å². The second-order valence-corrected chi connectivity index (χ2v) is 7.21. The molecule has 0 aliphatic carbocycles. The summed E-state index contributed by atoms with van der Waals surface area (Å²) in [6.45, 7) is 4.65. The van der Waals surface area contributed by atoms with Crippen molar-refractivity contribution in [2.45, 2.75) is 31.3 Å². The molecule has 0 aliphatic heterocycles. The second kappa shape index (κ2) is 6.17. The van der Waals surface area contributed by atoms with Crippen molar-refractivity contribution in [3.63, 3.8) is 0 Å². The van der Waals surface area contributed by atoms with Gasteiger partial charge in [0.25, 0.3) is 0 Å². The van der Waals surface area contributed by atoms with Crippen LogP contribution in [-0.4, -0.2) is 43.6 Å². The molecule has 0 saturated heterocycles. The molecule has 6 nitrogen and oxygen atoms in total. The van der Waals surface area contributed by atoms with Gasteiger partial charge in [0.15, 0.2) is 11.6 Å². The highest BCUT2D eigenvalue weighted by Crippen LogP contribution is 2.30. The Labute approximate surface area is 124 Å². The molecule has 8 heteroatoms. The standard InChI is InChI=1S/C13H21FN2O4S/c1-5-16(8-13(2,3)17)21(18,19)9-6-10(14)12(20-4)11(15)7-9/h6-7,17H,5,8,15H2,1-4H3. The Morgan fingerprint density at radius 2 is 2.00 bits per heavy atom. The van der Waals surface area contributed by atoms with Crippen LogP contribution in [-0.2, 0) is 10.0 Å². The zero-order chi connectivity index (χ0) is 16.4. The first-order chi connectivity index (χ1) is 9.52. The number of halogens is 1. The molecule has 0 saturated carbocycles. The van der Waals surface area contributed by atoms with Crippen LogP contribution < -0.4 is 10.5 Å². The molecule has 0 aliphatic rings. The average Bonchev–Trinajstić information content (AvgIpc) is 2.34. The zero-order valence-corrected chi connectivity index (χ0v) is 13.4. The van der Waals surface area contributed by atoms with Crippen molar-refractivity contribution in [3.05, 3.63) is 17.9 Å². The number of aliphatic hydroxyl groups is 1. The van der Waals surface area contributed by atoms with Gasteiger partial charge in [0, 0.05) is 13.1 Å². The van der Waals surface area contributed by atoms with Crippen molar-refractivity contribution < 1.29 is 22.7 Å². The van der Waals surface area contributed by atoms with Gasteiger partial charge in [0.2, 0.25) is 10.0 Å². The number of hydrogen-bond donors (Lipinski definition) is 2. The molecular weight excluding hydrogens is 299 g/mol. The van der Waals surface area contributed by atoms with E-state index in [2.05, 4.69) is 0 Å². The van der Waals surface area contributed by atoms with Gasteiger partial charge in [-0.2, -0.15) is 4.31 Å². The maximum absolute atomic E-state index is 13.8. The summed E-state index contributed by atoms with van der Waals surface area (Å²) in [5.41, 5.74) is 4.29. The molecule has 0 unspecified atom stereocenters. The summed E-state index contributed by atoms with van der Waals surface area (Å²) in [5, 5.41) is 9.80. The largest absolute Gasteiger partial charge is 0.492 e. The molecule has 0 heterocycles. The quantitative estimate of drug-likeness (QED) is 0.768. The predicted molar refractivity (Wildman–Crippen MR) is 78.1 cm³/mol. The number of nitrogens with two attached hydrogens (primary N) is 1. The molecule has 120 valence electrons. The maximum Gasteiger partial charge on any atom is 0.243 e. The van der Waals surface area contributed by atoms with Gasteiger partial charge in [0.05, 0.1) is 23.3 Å². The lowest BCUT2D eigenvalue weighted by molar-refractivity contribution is 0.0601. The van der Waals surface area contributed by atoms with Crippen LogP contribution in [0, 0.1) is 5.82 Å². The predicted octanol–water partition coefficient (Wildman–Crippen LogP) is 1.20. The lowest BCUT2D eigenvalue weighted by Gasteiger charge is -2.27. The molecule has 1 aromatic rings. The molecule has 0 fully saturated rings. The van der Waals surface area contributed by atoms with Crippen molar-refractivity contribution >= 4 is 15.7 Å². The van der Waals surface area contributed by atoms with Gasteiger partial charge in [-0.3, -0.25) is 0 Å². The Balaban J connectivity index is 3.30. The lowest BCUT2D eigenvalue weighted by atomic mass is 10.1. The van der Waals surface area contributed by atoms with E-state index in [9.17, 15) is 17.9 Å². The smallest absolute Gasteiger partial charge is 0.243 e. The number of anilines is 1. The number of benzene rings is 1. The van der Waals surface area contributed by atoms with Gasteiger partial charge in [-0.25, -0.2) is 12.8 Å². The van der Waals surface area contributed by atoms with E-state index in [0.717, 1.165) is 16.4 Å². The number of likely N-dealkylation sites (N-methyl/N-ethyl adjacent to an activating group) is 1. The molecular formula is C13H21FN2O4S. The van der Waals surface area contributed by atoms with Gasteiger partial charge in [0.1, 0.15) is 0 Å². The van der Waals surface area contributed by atoms with Crippen LogP contribution in [0.4, 0.5) is 10.1 Å². The third-order valence-electron chi connectivity index (χ3n) is 2.80. The van der Waals surface area contributed by atoms with E-state index in [1.165, 1.54) is 21.0 Å². The van der Waals surface area contributed by atoms with Gasteiger partial charge >= 0.3 is 0 Å². The van der Waals surface area contributed by atoms with Crippen LogP contribution in [0.5, 0.6) is 5.75 Å². The number of rotatable bonds is 6. The first-order valence-electron chi connectivity index (χ1n) is 6.38.